The zero-order valence-corrected chi connectivity index (χ0v) is 15.3. The van der Waals surface area contributed by atoms with Crippen LogP contribution in [0.4, 0.5) is 0 Å². The summed E-state index contributed by atoms with van der Waals surface area (Å²) >= 11 is 1.72. The minimum atomic E-state index is -0.374. The summed E-state index contributed by atoms with van der Waals surface area (Å²) in [4.78, 5) is 13.6. The molecule has 26 heavy (non-hydrogen) atoms. The summed E-state index contributed by atoms with van der Waals surface area (Å²) in [5, 5.41) is 4.63. The molecule has 0 spiro atoms. The minimum absolute atomic E-state index is 0.329. The fourth-order valence-corrected chi connectivity index (χ4v) is 4.19. The van der Waals surface area contributed by atoms with Gasteiger partial charge in [0.15, 0.2) is 5.69 Å². The summed E-state index contributed by atoms with van der Waals surface area (Å²) in [6.07, 6.45) is 0. The maximum Gasteiger partial charge on any atom is 0.359 e. The Morgan fingerprint density at radius 1 is 1.23 bits per heavy atom. The molecule has 0 amide bonds. The van der Waals surface area contributed by atoms with Crippen molar-refractivity contribution in [1.29, 1.82) is 0 Å². The topological polar surface area (TPSA) is 70.1 Å². The third kappa shape index (κ3) is 2.81. The molecule has 0 saturated heterocycles. The van der Waals surface area contributed by atoms with Gasteiger partial charge in [0.05, 0.1) is 18.0 Å². The summed E-state index contributed by atoms with van der Waals surface area (Å²) in [6.45, 7) is 2.62. The van der Waals surface area contributed by atoms with E-state index in [2.05, 4.69) is 17.2 Å². The zero-order chi connectivity index (χ0) is 18.1. The lowest BCUT2D eigenvalue weighted by molar-refractivity contribution is 0.0518. The number of esters is 1. The van der Waals surface area contributed by atoms with Crippen LogP contribution in [-0.4, -0.2) is 22.4 Å². The van der Waals surface area contributed by atoms with Crippen LogP contribution in [0.15, 0.2) is 53.4 Å². The molecule has 0 unspecified atom stereocenters. The van der Waals surface area contributed by atoms with Crippen molar-refractivity contribution >= 4 is 17.7 Å². The van der Waals surface area contributed by atoms with Gasteiger partial charge in [0, 0.05) is 28.3 Å². The molecule has 3 aromatic rings. The second-order valence-corrected chi connectivity index (χ2v) is 6.98. The molecule has 6 heteroatoms. The Morgan fingerprint density at radius 2 is 2.00 bits per heavy atom. The molecule has 0 fully saturated rings. The van der Waals surface area contributed by atoms with Crippen LogP contribution < -0.4 is 5.73 Å². The van der Waals surface area contributed by atoms with Crippen molar-refractivity contribution < 1.29 is 9.53 Å². The summed E-state index contributed by atoms with van der Waals surface area (Å²) < 4.78 is 7.07. The highest BCUT2D eigenvalue weighted by molar-refractivity contribution is 7.98. The number of carbonyl (C=O) groups excluding carboxylic acids is 1. The number of ether oxygens (including phenoxy) is 1. The zero-order valence-electron chi connectivity index (χ0n) is 14.4. The number of benzene rings is 2. The molecule has 1 aliphatic heterocycles. The molecule has 2 aromatic carbocycles. The number of nitrogens with two attached hydrogens (primary N) is 1. The lowest BCUT2D eigenvalue weighted by Crippen LogP contribution is -2.08. The van der Waals surface area contributed by atoms with Crippen LogP contribution in [0.3, 0.4) is 0 Å². The van der Waals surface area contributed by atoms with E-state index in [0.29, 0.717) is 24.6 Å². The van der Waals surface area contributed by atoms with Gasteiger partial charge in [0.2, 0.25) is 0 Å². The molecule has 0 saturated carbocycles. The fraction of sp³-hybridized carbons (Fsp3) is 0.200. The number of hydrogen-bond donors (Lipinski definition) is 1. The van der Waals surface area contributed by atoms with Gasteiger partial charge in [0.25, 0.3) is 0 Å². The highest BCUT2D eigenvalue weighted by Gasteiger charge is 2.29. The SMILES string of the molecule is CCOC(=O)c1nn(-c2ccc(CN)cc2)c2c1CSc1ccccc1-2. The fourth-order valence-electron chi connectivity index (χ4n) is 3.13. The number of thioether (sulfide) groups is 1. The second kappa shape index (κ2) is 6.97. The van der Waals surface area contributed by atoms with E-state index in [-0.39, 0.29) is 5.97 Å². The van der Waals surface area contributed by atoms with Gasteiger partial charge in [-0.1, -0.05) is 30.3 Å². The predicted molar refractivity (Wildman–Crippen MR) is 102 cm³/mol. The largest absolute Gasteiger partial charge is 0.461 e. The summed E-state index contributed by atoms with van der Waals surface area (Å²) in [5.41, 5.74) is 11.0. The van der Waals surface area contributed by atoms with Gasteiger partial charge in [-0.25, -0.2) is 9.48 Å². The first-order valence-electron chi connectivity index (χ1n) is 8.53. The van der Waals surface area contributed by atoms with Gasteiger partial charge >= 0.3 is 5.97 Å². The van der Waals surface area contributed by atoms with E-state index < -0.39 is 0 Å². The molecule has 5 nitrogen and oxygen atoms in total. The van der Waals surface area contributed by atoms with E-state index in [1.165, 1.54) is 4.90 Å². The van der Waals surface area contributed by atoms with E-state index >= 15 is 0 Å². The van der Waals surface area contributed by atoms with Crippen LogP contribution in [0.1, 0.15) is 28.5 Å². The number of fused-ring (bicyclic) bond motifs is 3. The summed E-state index contributed by atoms with van der Waals surface area (Å²) in [6, 6.07) is 16.1. The summed E-state index contributed by atoms with van der Waals surface area (Å²) in [5.74, 6) is 0.322. The van der Waals surface area contributed by atoms with Crippen molar-refractivity contribution in [2.45, 2.75) is 24.1 Å². The molecule has 0 bridgehead atoms. The average molecular weight is 365 g/mol. The second-order valence-electron chi connectivity index (χ2n) is 5.96. The standard InChI is InChI=1S/C20H19N3O2S/c1-2-25-20(24)18-16-12-26-17-6-4-3-5-15(17)19(16)23(22-18)14-9-7-13(11-21)8-10-14/h3-10H,2,11-12,21H2,1H3. The summed E-state index contributed by atoms with van der Waals surface area (Å²) in [7, 11) is 0. The Hall–Kier alpha value is -2.57. The molecular formula is C20H19N3O2S. The third-order valence-electron chi connectivity index (χ3n) is 4.38. The van der Waals surface area contributed by atoms with Gasteiger partial charge in [-0.15, -0.1) is 11.8 Å². The van der Waals surface area contributed by atoms with Crippen LogP contribution in [-0.2, 0) is 17.0 Å². The molecular weight excluding hydrogens is 346 g/mol. The lowest BCUT2D eigenvalue weighted by atomic mass is 10.1. The van der Waals surface area contributed by atoms with E-state index in [1.807, 2.05) is 41.1 Å². The Bertz CT molecular complexity index is 964. The molecule has 1 aliphatic rings. The van der Waals surface area contributed by atoms with Gasteiger partial charge in [-0.05, 0) is 30.7 Å². The Balaban J connectivity index is 1.92. The third-order valence-corrected chi connectivity index (χ3v) is 5.48. The van der Waals surface area contributed by atoms with Crippen molar-refractivity contribution in [3.05, 3.63) is 65.4 Å². The molecule has 4 rings (SSSR count). The number of aromatic nitrogens is 2. The predicted octanol–water partition coefficient (Wildman–Crippen LogP) is 3.78. The smallest absolute Gasteiger partial charge is 0.359 e. The van der Waals surface area contributed by atoms with Crippen LogP contribution in [0.2, 0.25) is 0 Å². The average Bonchev–Trinajstić information content (AvgIpc) is 3.08. The van der Waals surface area contributed by atoms with Crippen molar-refractivity contribution in [3.63, 3.8) is 0 Å². The first-order valence-corrected chi connectivity index (χ1v) is 9.52. The maximum atomic E-state index is 12.4. The Morgan fingerprint density at radius 3 is 2.73 bits per heavy atom. The van der Waals surface area contributed by atoms with Gasteiger partial charge in [0.1, 0.15) is 0 Å². The highest BCUT2D eigenvalue weighted by Crippen LogP contribution is 2.43. The normalized spacial score (nSPS) is 12.4. The Labute approximate surface area is 156 Å². The maximum absolute atomic E-state index is 12.4. The van der Waals surface area contributed by atoms with E-state index in [1.54, 1.807) is 18.7 Å². The molecule has 2 heterocycles. The van der Waals surface area contributed by atoms with Crippen LogP contribution >= 0.6 is 11.8 Å². The number of nitrogens with zero attached hydrogens (tertiary/aromatic N) is 2. The van der Waals surface area contributed by atoms with Crippen LogP contribution in [0.5, 0.6) is 0 Å². The molecule has 0 atom stereocenters. The molecule has 0 radical (unpaired) electrons. The van der Waals surface area contributed by atoms with E-state index in [4.69, 9.17) is 10.5 Å². The van der Waals surface area contributed by atoms with Crippen LogP contribution in [0, 0.1) is 0 Å². The van der Waals surface area contributed by atoms with Crippen molar-refractivity contribution in [3.8, 4) is 16.9 Å². The molecule has 1 aromatic heterocycles. The first kappa shape index (κ1) is 16.9. The van der Waals surface area contributed by atoms with Crippen molar-refractivity contribution in [1.82, 2.24) is 9.78 Å². The molecule has 2 N–H and O–H groups in total. The quantitative estimate of drug-likeness (QED) is 0.713. The minimum Gasteiger partial charge on any atom is -0.461 e. The lowest BCUT2D eigenvalue weighted by Gasteiger charge is -2.18. The number of hydrogen-bond acceptors (Lipinski definition) is 5. The van der Waals surface area contributed by atoms with Gasteiger partial charge in [-0.3, -0.25) is 0 Å². The van der Waals surface area contributed by atoms with Crippen molar-refractivity contribution in [2.24, 2.45) is 5.73 Å². The molecule has 0 aliphatic carbocycles. The molecule has 132 valence electrons. The van der Waals surface area contributed by atoms with Gasteiger partial charge < -0.3 is 10.5 Å². The van der Waals surface area contributed by atoms with Gasteiger partial charge in [-0.2, -0.15) is 5.10 Å². The van der Waals surface area contributed by atoms with E-state index in [0.717, 1.165) is 28.1 Å². The number of rotatable bonds is 4. The Kier molecular flexibility index (Phi) is 4.53. The monoisotopic (exact) mass is 365 g/mol. The van der Waals surface area contributed by atoms with Crippen molar-refractivity contribution in [2.75, 3.05) is 6.61 Å². The van der Waals surface area contributed by atoms with E-state index in [9.17, 15) is 4.79 Å². The highest BCUT2D eigenvalue weighted by atomic mass is 32.2. The van der Waals surface area contributed by atoms with Crippen LogP contribution in [0.25, 0.3) is 16.9 Å². The first-order chi connectivity index (χ1) is 12.7. The number of carbonyl (C=O) groups is 1.